The summed E-state index contributed by atoms with van der Waals surface area (Å²) in [5, 5.41) is 2.94. The van der Waals surface area contributed by atoms with E-state index in [1.165, 1.54) is 6.08 Å². The minimum absolute atomic E-state index is 0.167. The van der Waals surface area contributed by atoms with E-state index in [0.717, 1.165) is 27.0 Å². The molecule has 3 nitrogen and oxygen atoms in total. The van der Waals surface area contributed by atoms with Crippen molar-refractivity contribution in [1.82, 2.24) is 0 Å². The van der Waals surface area contributed by atoms with E-state index in [-0.39, 0.29) is 5.91 Å². The van der Waals surface area contributed by atoms with Crippen LogP contribution in [0.5, 0.6) is 5.75 Å². The second-order valence-corrected chi connectivity index (χ2v) is 6.37. The van der Waals surface area contributed by atoms with Gasteiger partial charge in [-0.1, -0.05) is 48.0 Å². The highest BCUT2D eigenvalue weighted by Crippen LogP contribution is 2.25. The van der Waals surface area contributed by atoms with Crippen LogP contribution in [0, 0.1) is 0 Å². The molecule has 0 aliphatic heterocycles. The van der Waals surface area contributed by atoms with Gasteiger partial charge in [0, 0.05) is 21.8 Å². The van der Waals surface area contributed by atoms with Crippen molar-refractivity contribution in [2.75, 3.05) is 12.4 Å². The normalized spacial score (nSPS) is 11.0. The monoisotopic (exact) mass is 373 g/mol. The van der Waals surface area contributed by atoms with Gasteiger partial charge < -0.3 is 10.1 Å². The fraction of sp³-hybridized carbons (Fsp3) is 0.211. The summed E-state index contributed by atoms with van der Waals surface area (Å²) in [6.45, 7) is 4.21. The standard InChI is InChI=1S/C19H20BrNO2/c1-13(2)16-6-4-5-7-17(16)21-19(22)11-8-14-12-15(20)9-10-18(14)23-3/h4-13H,1-3H3,(H,21,22)/b11-8+. The maximum atomic E-state index is 12.2. The molecule has 2 aromatic carbocycles. The van der Waals surface area contributed by atoms with Crippen LogP contribution in [0.25, 0.3) is 6.08 Å². The molecule has 0 aromatic heterocycles. The number of halogens is 1. The molecule has 0 saturated carbocycles. The van der Waals surface area contributed by atoms with Crippen molar-refractivity contribution in [3.05, 3.63) is 64.1 Å². The predicted octanol–water partition coefficient (Wildman–Crippen LogP) is 5.23. The first-order valence-electron chi connectivity index (χ1n) is 7.42. The molecule has 0 aliphatic carbocycles. The van der Waals surface area contributed by atoms with Crippen LogP contribution >= 0.6 is 15.9 Å². The Morgan fingerprint density at radius 2 is 1.96 bits per heavy atom. The molecule has 1 amide bonds. The van der Waals surface area contributed by atoms with Crippen LogP contribution < -0.4 is 10.1 Å². The Kier molecular flexibility index (Phi) is 5.99. The smallest absolute Gasteiger partial charge is 0.248 e. The quantitative estimate of drug-likeness (QED) is 0.728. The first-order valence-corrected chi connectivity index (χ1v) is 8.22. The maximum absolute atomic E-state index is 12.2. The fourth-order valence-corrected chi connectivity index (χ4v) is 2.67. The second-order valence-electron chi connectivity index (χ2n) is 5.45. The maximum Gasteiger partial charge on any atom is 0.248 e. The number of amides is 1. The van der Waals surface area contributed by atoms with E-state index < -0.39 is 0 Å². The van der Waals surface area contributed by atoms with Gasteiger partial charge in [0.2, 0.25) is 5.91 Å². The van der Waals surface area contributed by atoms with E-state index in [1.807, 2.05) is 42.5 Å². The van der Waals surface area contributed by atoms with Crippen molar-refractivity contribution >= 4 is 33.6 Å². The third kappa shape index (κ3) is 4.70. The van der Waals surface area contributed by atoms with Gasteiger partial charge in [-0.3, -0.25) is 4.79 Å². The highest BCUT2D eigenvalue weighted by molar-refractivity contribution is 9.10. The van der Waals surface area contributed by atoms with Gasteiger partial charge in [0.15, 0.2) is 0 Å². The van der Waals surface area contributed by atoms with Crippen molar-refractivity contribution in [3.63, 3.8) is 0 Å². The van der Waals surface area contributed by atoms with E-state index >= 15 is 0 Å². The Hall–Kier alpha value is -2.07. The highest BCUT2D eigenvalue weighted by Gasteiger charge is 2.07. The number of carbonyl (C=O) groups excluding carboxylic acids is 1. The van der Waals surface area contributed by atoms with Crippen molar-refractivity contribution in [3.8, 4) is 5.75 Å². The molecule has 1 N–H and O–H groups in total. The van der Waals surface area contributed by atoms with Crippen LogP contribution in [0.15, 0.2) is 53.0 Å². The summed E-state index contributed by atoms with van der Waals surface area (Å²) in [5.74, 6) is 0.903. The number of hydrogen-bond donors (Lipinski definition) is 1. The first-order chi connectivity index (χ1) is 11.0. The first kappa shape index (κ1) is 17.3. The summed E-state index contributed by atoms with van der Waals surface area (Å²) in [5.41, 5.74) is 2.81. The zero-order chi connectivity index (χ0) is 16.8. The number of rotatable bonds is 5. The Labute approximate surface area is 145 Å². The van der Waals surface area contributed by atoms with Crippen LogP contribution in [0.3, 0.4) is 0 Å². The largest absolute Gasteiger partial charge is 0.496 e. The second kappa shape index (κ2) is 7.97. The Morgan fingerprint density at radius 3 is 2.65 bits per heavy atom. The van der Waals surface area contributed by atoms with E-state index in [4.69, 9.17) is 4.74 Å². The summed E-state index contributed by atoms with van der Waals surface area (Å²) < 4.78 is 6.23. The number of hydrogen-bond acceptors (Lipinski definition) is 2. The van der Waals surface area contributed by atoms with E-state index in [0.29, 0.717) is 5.92 Å². The van der Waals surface area contributed by atoms with E-state index in [9.17, 15) is 4.79 Å². The lowest BCUT2D eigenvalue weighted by Gasteiger charge is -2.12. The SMILES string of the molecule is COc1ccc(Br)cc1/C=C/C(=O)Nc1ccccc1C(C)C. The molecular formula is C19H20BrNO2. The molecule has 23 heavy (non-hydrogen) atoms. The molecule has 0 aliphatic rings. The van der Waals surface area contributed by atoms with Crippen LogP contribution in [-0.2, 0) is 4.79 Å². The highest BCUT2D eigenvalue weighted by atomic mass is 79.9. The zero-order valence-electron chi connectivity index (χ0n) is 13.5. The van der Waals surface area contributed by atoms with Crippen LogP contribution in [-0.4, -0.2) is 13.0 Å². The number of carbonyl (C=O) groups is 1. The Morgan fingerprint density at radius 1 is 1.22 bits per heavy atom. The molecule has 0 heterocycles. The van der Waals surface area contributed by atoms with Crippen LogP contribution in [0.4, 0.5) is 5.69 Å². The van der Waals surface area contributed by atoms with Gasteiger partial charge in [-0.2, -0.15) is 0 Å². The van der Waals surface area contributed by atoms with E-state index in [2.05, 4.69) is 35.1 Å². The third-order valence-corrected chi connectivity index (χ3v) is 3.94. The van der Waals surface area contributed by atoms with Crippen molar-refractivity contribution < 1.29 is 9.53 Å². The van der Waals surface area contributed by atoms with Gasteiger partial charge in [-0.05, 0) is 41.8 Å². The molecule has 0 spiro atoms. The molecule has 0 bridgehead atoms. The zero-order valence-corrected chi connectivity index (χ0v) is 15.1. The number of ether oxygens (including phenoxy) is 1. The molecule has 0 saturated heterocycles. The lowest BCUT2D eigenvalue weighted by atomic mass is 10.0. The van der Waals surface area contributed by atoms with Gasteiger partial charge >= 0.3 is 0 Å². The summed E-state index contributed by atoms with van der Waals surface area (Å²) in [6.07, 6.45) is 3.26. The fourth-order valence-electron chi connectivity index (χ4n) is 2.29. The van der Waals surface area contributed by atoms with Crippen molar-refractivity contribution in [1.29, 1.82) is 0 Å². The molecular weight excluding hydrogens is 354 g/mol. The molecule has 2 aromatic rings. The van der Waals surface area contributed by atoms with Crippen molar-refractivity contribution in [2.24, 2.45) is 0 Å². The van der Waals surface area contributed by atoms with Gasteiger partial charge in [0.05, 0.1) is 7.11 Å². The molecule has 2 rings (SSSR count). The summed E-state index contributed by atoms with van der Waals surface area (Å²) in [7, 11) is 1.61. The molecule has 0 atom stereocenters. The number of anilines is 1. The molecule has 4 heteroatoms. The van der Waals surface area contributed by atoms with Gasteiger partial charge in [-0.25, -0.2) is 0 Å². The minimum atomic E-state index is -0.167. The Balaban J connectivity index is 2.16. The van der Waals surface area contributed by atoms with Gasteiger partial charge in [0.1, 0.15) is 5.75 Å². The number of nitrogens with one attached hydrogen (secondary N) is 1. The van der Waals surface area contributed by atoms with Gasteiger partial charge in [0.25, 0.3) is 0 Å². The minimum Gasteiger partial charge on any atom is -0.496 e. The predicted molar refractivity (Wildman–Crippen MR) is 98.9 cm³/mol. The number of benzene rings is 2. The molecule has 0 unspecified atom stereocenters. The average Bonchev–Trinajstić information content (AvgIpc) is 2.53. The third-order valence-electron chi connectivity index (χ3n) is 3.45. The molecule has 120 valence electrons. The Bertz CT molecular complexity index is 723. The lowest BCUT2D eigenvalue weighted by molar-refractivity contribution is -0.111. The van der Waals surface area contributed by atoms with Crippen LogP contribution in [0.2, 0.25) is 0 Å². The van der Waals surface area contributed by atoms with Gasteiger partial charge in [-0.15, -0.1) is 0 Å². The molecule has 0 fully saturated rings. The molecule has 0 radical (unpaired) electrons. The number of para-hydroxylation sites is 1. The average molecular weight is 374 g/mol. The topological polar surface area (TPSA) is 38.3 Å². The summed E-state index contributed by atoms with van der Waals surface area (Å²) in [4.78, 5) is 12.2. The summed E-state index contributed by atoms with van der Waals surface area (Å²) >= 11 is 3.42. The van der Waals surface area contributed by atoms with Crippen molar-refractivity contribution in [2.45, 2.75) is 19.8 Å². The van der Waals surface area contributed by atoms with Crippen LogP contribution in [0.1, 0.15) is 30.9 Å². The lowest BCUT2D eigenvalue weighted by Crippen LogP contribution is -2.10. The number of methoxy groups -OCH3 is 1. The summed E-state index contributed by atoms with van der Waals surface area (Å²) in [6, 6.07) is 13.5. The van der Waals surface area contributed by atoms with E-state index in [1.54, 1.807) is 13.2 Å².